The summed E-state index contributed by atoms with van der Waals surface area (Å²) in [5.74, 6) is -0.527. The van der Waals surface area contributed by atoms with E-state index in [2.05, 4.69) is 15.3 Å². The number of aromatic nitrogens is 3. The minimum atomic E-state index is -4.64. The zero-order valence-electron chi connectivity index (χ0n) is 16.2. The molecule has 0 bridgehead atoms. The number of carbonyl (C=O) groups excluding carboxylic acids is 1. The molecule has 1 N–H and O–H groups in total. The molecule has 0 spiro atoms. The Balaban J connectivity index is 1.94. The van der Waals surface area contributed by atoms with Crippen LogP contribution in [0.2, 0.25) is 0 Å². The minimum Gasteiger partial charge on any atom is -0.493 e. The number of pyridine rings is 1. The molecule has 0 atom stereocenters. The number of nitrogens with one attached hydrogen (secondary N) is 1. The molecule has 156 valence electrons. The molecule has 30 heavy (non-hydrogen) atoms. The first kappa shape index (κ1) is 21.1. The van der Waals surface area contributed by atoms with Crippen molar-refractivity contribution in [3.05, 3.63) is 41.9 Å². The highest BCUT2D eigenvalue weighted by molar-refractivity contribution is 5.84. The largest absolute Gasteiger partial charge is 0.493 e. The third kappa shape index (κ3) is 4.51. The Kier molecular flexibility index (Phi) is 5.91. The van der Waals surface area contributed by atoms with Gasteiger partial charge in [-0.1, -0.05) is 0 Å². The number of benzene rings is 1. The fourth-order valence-corrected chi connectivity index (χ4v) is 2.91. The third-order valence-corrected chi connectivity index (χ3v) is 4.35. The second-order valence-corrected chi connectivity index (χ2v) is 6.58. The summed E-state index contributed by atoms with van der Waals surface area (Å²) in [4.78, 5) is 19.1. The lowest BCUT2D eigenvalue weighted by Crippen LogP contribution is -2.22. The van der Waals surface area contributed by atoms with Gasteiger partial charge in [-0.05, 0) is 30.7 Å². The smallest absolute Gasteiger partial charge is 0.419 e. The summed E-state index contributed by atoms with van der Waals surface area (Å²) in [5, 5.41) is 11.9. The number of hydrogen-bond acceptors (Lipinski definition) is 5. The van der Waals surface area contributed by atoms with Gasteiger partial charge in [-0.25, -0.2) is 9.97 Å². The van der Waals surface area contributed by atoms with Crippen LogP contribution in [-0.4, -0.2) is 33.6 Å². The molecule has 0 radical (unpaired) electrons. The molecule has 1 amide bonds. The SMILES string of the molecule is CC(=O)NCCCOc1ccc(-c2cc3c(ncn3C)c(C#N)n2)cc1C(F)(F)F. The standard InChI is InChI=1S/C20H18F3N5O2/c1-12(29)25-6-3-7-30-18-5-4-13(8-14(18)20(21,22)23)15-9-17-19(16(10-24)27-15)26-11-28(17)2/h4-5,8-9,11H,3,6-7H2,1-2H3,(H,25,29). The molecule has 2 aromatic heterocycles. The molecular formula is C20H18F3N5O2. The average Bonchev–Trinajstić information content (AvgIpc) is 3.07. The van der Waals surface area contributed by atoms with Crippen molar-refractivity contribution in [1.82, 2.24) is 19.9 Å². The molecule has 0 aliphatic carbocycles. The van der Waals surface area contributed by atoms with Gasteiger partial charge in [0, 0.05) is 26.1 Å². The molecule has 0 aliphatic heterocycles. The first-order chi connectivity index (χ1) is 14.2. The summed E-state index contributed by atoms with van der Waals surface area (Å²) in [5.41, 5.74) is 0.500. The molecule has 0 saturated carbocycles. The quantitative estimate of drug-likeness (QED) is 0.621. The number of halogens is 3. The summed E-state index contributed by atoms with van der Waals surface area (Å²) in [6.07, 6.45) is -2.77. The Bertz CT molecular complexity index is 1130. The number of alkyl halides is 3. The van der Waals surface area contributed by atoms with Crippen LogP contribution in [0.5, 0.6) is 5.75 Å². The maximum Gasteiger partial charge on any atom is 0.419 e. The van der Waals surface area contributed by atoms with Crippen molar-refractivity contribution in [3.8, 4) is 23.1 Å². The molecule has 1 aromatic carbocycles. The lowest BCUT2D eigenvalue weighted by atomic mass is 10.1. The Morgan fingerprint density at radius 2 is 2.10 bits per heavy atom. The van der Waals surface area contributed by atoms with Crippen molar-refractivity contribution < 1.29 is 22.7 Å². The molecule has 7 nitrogen and oxygen atoms in total. The van der Waals surface area contributed by atoms with Crippen molar-refractivity contribution in [2.45, 2.75) is 19.5 Å². The lowest BCUT2D eigenvalue weighted by molar-refractivity contribution is -0.138. The number of nitriles is 1. The highest BCUT2D eigenvalue weighted by Crippen LogP contribution is 2.39. The predicted molar refractivity (Wildman–Crippen MR) is 102 cm³/mol. The number of nitrogens with zero attached hydrogens (tertiary/aromatic N) is 4. The van der Waals surface area contributed by atoms with Crippen LogP contribution < -0.4 is 10.1 Å². The van der Waals surface area contributed by atoms with E-state index in [4.69, 9.17) is 4.74 Å². The summed E-state index contributed by atoms with van der Waals surface area (Å²) in [6.45, 7) is 1.68. The van der Waals surface area contributed by atoms with Gasteiger partial charge in [0.25, 0.3) is 0 Å². The maximum absolute atomic E-state index is 13.6. The predicted octanol–water partition coefficient (Wildman–Crippen LogP) is 3.43. The van der Waals surface area contributed by atoms with Crippen LogP contribution >= 0.6 is 0 Å². The number of amides is 1. The van der Waals surface area contributed by atoms with Gasteiger partial charge in [-0.15, -0.1) is 0 Å². The Morgan fingerprint density at radius 1 is 1.33 bits per heavy atom. The van der Waals surface area contributed by atoms with E-state index in [1.54, 1.807) is 17.7 Å². The van der Waals surface area contributed by atoms with E-state index in [0.29, 0.717) is 24.0 Å². The van der Waals surface area contributed by atoms with Gasteiger partial charge in [0.2, 0.25) is 5.91 Å². The first-order valence-electron chi connectivity index (χ1n) is 9.01. The number of fused-ring (bicyclic) bond motifs is 1. The summed E-state index contributed by atoms with van der Waals surface area (Å²) < 4.78 is 47.8. The molecule has 3 rings (SSSR count). The lowest BCUT2D eigenvalue weighted by Gasteiger charge is -2.15. The maximum atomic E-state index is 13.6. The van der Waals surface area contributed by atoms with Crippen molar-refractivity contribution >= 4 is 16.9 Å². The van der Waals surface area contributed by atoms with Crippen molar-refractivity contribution in [3.63, 3.8) is 0 Å². The minimum absolute atomic E-state index is 0.0144. The zero-order chi connectivity index (χ0) is 21.9. The van der Waals surface area contributed by atoms with Crippen LogP contribution in [0.4, 0.5) is 13.2 Å². The van der Waals surface area contributed by atoms with Gasteiger partial charge in [0.1, 0.15) is 17.3 Å². The number of ether oxygens (including phenoxy) is 1. The number of imidazole rings is 1. The van der Waals surface area contributed by atoms with Gasteiger partial charge in [-0.3, -0.25) is 4.79 Å². The average molecular weight is 417 g/mol. The Labute approximate surface area is 170 Å². The number of hydrogen-bond donors (Lipinski definition) is 1. The molecule has 2 heterocycles. The number of carbonyl (C=O) groups is 1. The molecule has 0 fully saturated rings. The van der Waals surface area contributed by atoms with Gasteiger partial charge < -0.3 is 14.6 Å². The van der Waals surface area contributed by atoms with E-state index < -0.39 is 11.7 Å². The van der Waals surface area contributed by atoms with Gasteiger partial charge in [0.05, 0.1) is 29.7 Å². The van der Waals surface area contributed by atoms with Crippen molar-refractivity contribution in [2.24, 2.45) is 7.05 Å². The normalized spacial score (nSPS) is 11.3. The van der Waals surface area contributed by atoms with Gasteiger partial charge >= 0.3 is 6.18 Å². The highest BCUT2D eigenvalue weighted by Gasteiger charge is 2.35. The molecular weight excluding hydrogens is 399 g/mol. The van der Waals surface area contributed by atoms with Gasteiger partial charge in [0.15, 0.2) is 5.69 Å². The number of aryl methyl sites for hydroxylation is 1. The third-order valence-electron chi connectivity index (χ3n) is 4.35. The van der Waals surface area contributed by atoms with Crippen LogP contribution in [-0.2, 0) is 18.0 Å². The van der Waals surface area contributed by atoms with Crippen molar-refractivity contribution in [1.29, 1.82) is 5.26 Å². The fourth-order valence-electron chi connectivity index (χ4n) is 2.91. The summed E-state index contributed by atoms with van der Waals surface area (Å²) in [6, 6.07) is 7.17. The van der Waals surface area contributed by atoms with E-state index in [-0.39, 0.29) is 35.2 Å². The highest BCUT2D eigenvalue weighted by atomic mass is 19.4. The van der Waals surface area contributed by atoms with Crippen LogP contribution in [0.3, 0.4) is 0 Å². The van der Waals surface area contributed by atoms with Crippen molar-refractivity contribution in [2.75, 3.05) is 13.2 Å². The summed E-state index contributed by atoms with van der Waals surface area (Å²) in [7, 11) is 1.72. The van der Waals surface area contributed by atoms with E-state index in [1.165, 1.54) is 25.4 Å². The summed E-state index contributed by atoms with van der Waals surface area (Å²) >= 11 is 0. The first-order valence-corrected chi connectivity index (χ1v) is 9.01. The van der Waals surface area contributed by atoms with Crippen LogP contribution in [0.1, 0.15) is 24.6 Å². The van der Waals surface area contributed by atoms with Crippen LogP contribution in [0.25, 0.3) is 22.3 Å². The van der Waals surface area contributed by atoms with Gasteiger partial charge in [-0.2, -0.15) is 18.4 Å². The van der Waals surface area contributed by atoms with E-state index >= 15 is 0 Å². The Hall–Kier alpha value is -3.61. The van der Waals surface area contributed by atoms with Crippen LogP contribution in [0.15, 0.2) is 30.6 Å². The fraction of sp³-hybridized carbons (Fsp3) is 0.300. The molecule has 10 heteroatoms. The monoisotopic (exact) mass is 417 g/mol. The molecule has 0 aliphatic rings. The van der Waals surface area contributed by atoms with E-state index in [0.717, 1.165) is 6.07 Å². The van der Waals surface area contributed by atoms with E-state index in [9.17, 15) is 23.2 Å². The number of rotatable bonds is 6. The molecule has 0 unspecified atom stereocenters. The zero-order valence-corrected chi connectivity index (χ0v) is 16.2. The molecule has 0 saturated heterocycles. The Morgan fingerprint density at radius 3 is 2.77 bits per heavy atom. The second kappa shape index (κ2) is 8.41. The van der Waals surface area contributed by atoms with E-state index in [1.807, 2.05) is 6.07 Å². The topological polar surface area (TPSA) is 92.8 Å². The van der Waals surface area contributed by atoms with Crippen LogP contribution in [0, 0.1) is 11.3 Å². The second-order valence-electron chi connectivity index (χ2n) is 6.58. The molecule has 3 aromatic rings.